The van der Waals surface area contributed by atoms with Crippen molar-refractivity contribution in [1.82, 2.24) is 40.4 Å². The number of likely N-dealkylation sites (tertiary alicyclic amines) is 2. The lowest BCUT2D eigenvalue weighted by Crippen LogP contribution is -2.54. The highest BCUT2D eigenvalue weighted by atomic mass is 32.3. The Kier molecular flexibility index (Phi) is 15.2. The zero-order chi connectivity index (χ0) is 52.7. The second-order valence-corrected chi connectivity index (χ2v) is 24.9. The molecule has 10 rings (SSSR count). The van der Waals surface area contributed by atoms with Crippen LogP contribution in [0.25, 0.3) is 22.1 Å². The number of carbonyl (C=O) groups excluding carboxylic acids is 4. The molecule has 2 aromatic heterocycles. The number of nitrogens with one attached hydrogen (secondary N) is 4. The van der Waals surface area contributed by atoms with E-state index in [2.05, 4.69) is 37.6 Å². The van der Waals surface area contributed by atoms with Gasteiger partial charge in [0.25, 0.3) is 0 Å². The number of halogens is 2. The number of aromatic amines is 2. The average molecular weight is 1060 g/mol. The van der Waals surface area contributed by atoms with Gasteiger partial charge in [0.2, 0.25) is 11.8 Å². The summed E-state index contributed by atoms with van der Waals surface area (Å²) in [6.07, 6.45) is 3.96. The molecule has 0 unspecified atom stereocenters. The number of H-pyrrole nitrogens is 2. The molecule has 0 aliphatic carbocycles. The molecule has 5 aliphatic heterocycles. The summed E-state index contributed by atoms with van der Waals surface area (Å²) in [5.74, 6) is 4.06. The van der Waals surface area contributed by atoms with Gasteiger partial charge in [-0.05, 0) is 136 Å². The molecule has 5 aliphatic rings. The van der Waals surface area contributed by atoms with Gasteiger partial charge in [-0.2, -0.15) is 0 Å². The monoisotopic (exact) mass is 1060 g/mol. The Labute approximate surface area is 437 Å². The Balaban J connectivity index is 0.966. The Hall–Kier alpha value is -6.19. The van der Waals surface area contributed by atoms with Gasteiger partial charge in [0.05, 0.1) is 72.7 Å². The Morgan fingerprint density at radius 2 is 1.07 bits per heavy atom. The minimum atomic E-state index is -0.972. The number of fused-ring (bicyclic) bond motifs is 2. The minimum absolute atomic E-state index is 0.0446. The highest BCUT2D eigenvalue weighted by Crippen LogP contribution is 2.56. The van der Waals surface area contributed by atoms with Gasteiger partial charge in [-0.3, -0.25) is 9.59 Å². The Morgan fingerprint density at radius 1 is 0.613 bits per heavy atom. The summed E-state index contributed by atoms with van der Waals surface area (Å²) in [6.45, 7) is 5.70. The van der Waals surface area contributed by atoms with Crippen LogP contribution in [0.2, 0.25) is 0 Å². The molecule has 0 saturated carbocycles. The summed E-state index contributed by atoms with van der Waals surface area (Å²) in [7, 11) is 4.77. The molecular formula is C54H70F2N10O8S. The van der Waals surface area contributed by atoms with Crippen LogP contribution in [0.4, 0.5) is 29.7 Å². The number of rotatable bonds is 14. The number of benzene rings is 3. The normalized spacial score (nSPS) is 23.7. The van der Waals surface area contributed by atoms with Crippen molar-refractivity contribution in [3.05, 3.63) is 82.9 Å². The van der Waals surface area contributed by atoms with Gasteiger partial charge >= 0.3 is 12.2 Å². The van der Waals surface area contributed by atoms with E-state index < -0.39 is 58.1 Å². The summed E-state index contributed by atoms with van der Waals surface area (Å²) in [4.78, 5) is 77.2. The molecular weight excluding hydrogens is 987 g/mol. The van der Waals surface area contributed by atoms with Gasteiger partial charge in [-0.1, -0.05) is 12.1 Å². The van der Waals surface area contributed by atoms with Crippen LogP contribution >= 0.6 is 10.0 Å². The lowest BCUT2D eigenvalue weighted by molar-refractivity contribution is -0.138. The molecule has 5 aromatic rings. The second kappa shape index (κ2) is 21.8. The summed E-state index contributed by atoms with van der Waals surface area (Å²) < 4.78 is 54.2. The molecule has 75 heavy (non-hydrogen) atoms. The zero-order valence-corrected chi connectivity index (χ0v) is 44.5. The molecule has 4 amide bonds. The van der Waals surface area contributed by atoms with Crippen molar-refractivity contribution in [3.63, 3.8) is 0 Å². The standard InChI is InChI=1S/C54H70F2N10O8S/c1-31(71-3)46(61-53(69)73-5)51(67)64-19-9-11-44(64)49-57-38-15-13-33(27-40(38)59-49)42-17-18-43(66(42)35-29-36(55)48(37(56)30-35)63-21-25-75(26-22-63)23-7-8-24-75)34-14-16-39-41(28-34)60-50(58-39)45-12-10-20-65(45)52(68)47(32(2)72-4)62-54(70)74-6/h13-16,27-32,42-47H,7-12,17-26H2,1-6H3,(H,57,59)(H,58,60)(H,61,69)(H,62,70)/t31-,32-,42-,43-,44+,45+,46+,47+/m1/s1. The van der Waals surface area contributed by atoms with Gasteiger partial charge in [-0.15, -0.1) is 0 Å². The predicted molar refractivity (Wildman–Crippen MR) is 283 cm³/mol. The highest BCUT2D eigenvalue weighted by Gasteiger charge is 2.42. The first-order chi connectivity index (χ1) is 36.2. The number of methoxy groups -OCH3 is 4. The quantitative estimate of drug-likeness (QED) is 0.0836. The first kappa shape index (κ1) is 52.3. The third-order valence-corrected chi connectivity index (χ3v) is 21.1. The Bertz CT molecular complexity index is 2750. The van der Waals surface area contributed by atoms with Gasteiger partial charge in [-0.25, -0.2) is 38.4 Å². The van der Waals surface area contributed by atoms with Crippen LogP contribution in [-0.4, -0.2) is 156 Å². The van der Waals surface area contributed by atoms with E-state index in [1.165, 1.54) is 64.9 Å². The largest absolute Gasteiger partial charge is 0.453 e. The van der Waals surface area contributed by atoms with Crippen LogP contribution in [0.3, 0.4) is 0 Å². The van der Waals surface area contributed by atoms with E-state index in [4.69, 9.17) is 28.9 Å². The third kappa shape index (κ3) is 10.2. The van der Waals surface area contributed by atoms with Crippen LogP contribution < -0.4 is 20.4 Å². The first-order valence-electron chi connectivity index (χ1n) is 26.3. The molecule has 0 radical (unpaired) electrons. The van der Waals surface area contributed by atoms with E-state index in [-0.39, 0.29) is 41.7 Å². The van der Waals surface area contributed by atoms with E-state index >= 15 is 8.78 Å². The van der Waals surface area contributed by atoms with Gasteiger partial charge < -0.3 is 59.1 Å². The molecule has 3 aromatic carbocycles. The number of nitrogens with zero attached hydrogens (tertiary/aromatic N) is 6. The molecule has 18 nitrogen and oxygen atoms in total. The average Bonchev–Trinajstić information content (AvgIpc) is 4.30. The van der Waals surface area contributed by atoms with Crippen molar-refractivity contribution in [2.24, 2.45) is 0 Å². The number of ether oxygens (including phenoxy) is 4. The maximum Gasteiger partial charge on any atom is 0.407 e. The van der Waals surface area contributed by atoms with Crippen molar-refractivity contribution < 1.29 is 46.9 Å². The number of hydrogen-bond acceptors (Lipinski definition) is 12. The van der Waals surface area contributed by atoms with E-state index in [1.807, 2.05) is 29.2 Å². The number of anilines is 2. The first-order valence-corrected chi connectivity index (χ1v) is 28.7. The van der Waals surface area contributed by atoms with Crippen LogP contribution in [-0.2, 0) is 28.5 Å². The van der Waals surface area contributed by atoms with E-state index in [1.54, 1.807) is 23.6 Å². The fraction of sp³-hybridized carbons (Fsp3) is 0.556. The van der Waals surface area contributed by atoms with Crippen LogP contribution in [0.5, 0.6) is 0 Å². The Morgan fingerprint density at radius 3 is 1.49 bits per heavy atom. The smallest absolute Gasteiger partial charge is 0.407 e. The zero-order valence-electron chi connectivity index (χ0n) is 43.7. The van der Waals surface area contributed by atoms with Gasteiger partial charge in [0.15, 0.2) is 11.6 Å². The van der Waals surface area contributed by atoms with Crippen molar-refractivity contribution >= 4 is 67.5 Å². The van der Waals surface area contributed by atoms with E-state index in [0.29, 0.717) is 80.2 Å². The van der Waals surface area contributed by atoms with Crippen molar-refractivity contribution in [2.75, 3.05) is 87.4 Å². The number of aromatic nitrogens is 4. The number of alkyl carbamates (subject to hydrolysis) is 2. The summed E-state index contributed by atoms with van der Waals surface area (Å²) in [5.41, 5.74) is 5.28. The van der Waals surface area contributed by atoms with E-state index in [0.717, 1.165) is 46.5 Å². The maximum atomic E-state index is 16.8. The fourth-order valence-electron chi connectivity index (χ4n) is 12.4. The van der Waals surface area contributed by atoms with Gasteiger partial charge in [0, 0.05) is 46.1 Å². The lowest BCUT2D eigenvalue weighted by atomic mass is 10.0. The molecule has 7 heterocycles. The lowest BCUT2D eigenvalue weighted by Gasteiger charge is -2.45. The molecule has 4 N–H and O–H groups in total. The molecule has 5 saturated heterocycles. The second-order valence-electron chi connectivity index (χ2n) is 20.8. The molecule has 21 heteroatoms. The highest BCUT2D eigenvalue weighted by molar-refractivity contribution is 8.34. The summed E-state index contributed by atoms with van der Waals surface area (Å²) in [5, 5.41) is 5.29. The van der Waals surface area contributed by atoms with Crippen molar-refractivity contribution in [3.8, 4) is 0 Å². The van der Waals surface area contributed by atoms with Crippen molar-refractivity contribution in [1.29, 1.82) is 0 Å². The van der Waals surface area contributed by atoms with Crippen LogP contribution in [0, 0.1) is 11.6 Å². The topological polar surface area (TPSA) is 200 Å². The number of carbonyl (C=O) groups is 4. The number of amides is 4. The van der Waals surface area contributed by atoms with Crippen LogP contribution in [0.15, 0.2) is 48.5 Å². The minimum Gasteiger partial charge on any atom is -0.453 e. The maximum absolute atomic E-state index is 16.8. The number of hydrogen-bond donors (Lipinski definition) is 4. The summed E-state index contributed by atoms with van der Waals surface area (Å²) >= 11 is 0. The number of imidazole rings is 2. The molecule has 1 spiro atoms. The summed E-state index contributed by atoms with van der Waals surface area (Å²) in [6, 6.07) is 11.8. The van der Waals surface area contributed by atoms with Gasteiger partial charge in [0.1, 0.15) is 29.4 Å². The fourth-order valence-corrected chi connectivity index (χ4v) is 16.5. The SMILES string of the molecule is COC(=O)N[C@H](C(=O)N1CCC[C@H]1c1nc2ccc([C@H]3CC[C@H](c4ccc5nc([C@@H]6CCCN6C(=O)[C@@H](NC(=O)OC)[C@@H](C)OC)[nH]c5c4)N3c3cc(F)c(N4CCS5(CCCC5)CC4)c(F)c3)cc2[nH]1)[C@@H](C)OC. The third-order valence-electron chi connectivity index (χ3n) is 16.6. The molecule has 0 bridgehead atoms. The molecule has 8 atom stereocenters. The van der Waals surface area contributed by atoms with E-state index in [9.17, 15) is 19.2 Å². The predicted octanol–water partition coefficient (Wildman–Crippen LogP) is 8.06. The van der Waals surface area contributed by atoms with Crippen molar-refractivity contribution in [2.45, 2.75) is 114 Å². The molecule has 404 valence electrons. The van der Waals surface area contributed by atoms with Crippen LogP contribution in [0.1, 0.15) is 112 Å². The molecule has 5 fully saturated rings.